The van der Waals surface area contributed by atoms with E-state index in [4.69, 9.17) is 5.10 Å². The van der Waals surface area contributed by atoms with Crippen molar-refractivity contribution in [2.24, 2.45) is 0 Å². The molecule has 6 nitrogen and oxygen atoms in total. The molecular formula is C31H28FN5O. The maximum absolute atomic E-state index is 14.0. The Bertz CT molecular complexity index is 1590. The molecule has 190 valence electrons. The van der Waals surface area contributed by atoms with Gasteiger partial charge in [-0.25, -0.2) is 13.9 Å². The van der Waals surface area contributed by atoms with E-state index in [2.05, 4.69) is 16.8 Å². The molecule has 1 atom stereocenters. The van der Waals surface area contributed by atoms with Crippen LogP contribution in [0.3, 0.4) is 0 Å². The maximum Gasteiger partial charge on any atom is 0.322 e. The van der Waals surface area contributed by atoms with Crippen molar-refractivity contribution in [3.05, 3.63) is 131 Å². The van der Waals surface area contributed by atoms with Crippen LogP contribution in [0.1, 0.15) is 41.0 Å². The molecule has 3 heterocycles. The molecule has 1 aliphatic heterocycles. The number of carbonyl (C=O) groups excluding carboxylic acids is 1. The summed E-state index contributed by atoms with van der Waals surface area (Å²) in [6.07, 6.45) is 2.72. The van der Waals surface area contributed by atoms with Crippen LogP contribution in [-0.4, -0.2) is 25.3 Å². The fourth-order valence-corrected chi connectivity index (χ4v) is 5.18. The first-order valence-electron chi connectivity index (χ1n) is 12.8. The van der Waals surface area contributed by atoms with E-state index in [1.807, 2.05) is 89.4 Å². The smallest absolute Gasteiger partial charge is 0.308 e. The Morgan fingerprint density at radius 3 is 2.42 bits per heavy atom. The van der Waals surface area contributed by atoms with Gasteiger partial charge in [-0.15, -0.1) is 0 Å². The largest absolute Gasteiger partial charge is 0.322 e. The number of anilines is 1. The van der Waals surface area contributed by atoms with E-state index in [0.29, 0.717) is 18.7 Å². The monoisotopic (exact) mass is 505 g/mol. The van der Waals surface area contributed by atoms with Gasteiger partial charge >= 0.3 is 6.03 Å². The molecule has 1 aliphatic rings. The molecule has 0 saturated heterocycles. The number of para-hydroxylation sites is 1. The average Bonchev–Trinajstić information content (AvgIpc) is 3.52. The predicted molar refractivity (Wildman–Crippen MR) is 146 cm³/mol. The number of halogens is 1. The third-order valence-electron chi connectivity index (χ3n) is 7.05. The van der Waals surface area contributed by atoms with Gasteiger partial charge in [0.2, 0.25) is 0 Å². The van der Waals surface area contributed by atoms with Crippen LogP contribution < -0.4 is 5.32 Å². The Morgan fingerprint density at radius 1 is 0.974 bits per heavy atom. The second-order valence-electron chi connectivity index (χ2n) is 9.53. The quantitative estimate of drug-likeness (QED) is 0.292. The van der Waals surface area contributed by atoms with E-state index in [1.54, 1.807) is 12.1 Å². The molecule has 7 heteroatoms. The summed E-state index contributed by atoms with van der Waals surface area (Å²) >= 11 is 0. The van der Waals surface area contributed by atoms with Crippen molar-refractivity contribution in [2.45, 2.75) is 32.9 Å². The van der Waals surface area contributed by atoms with E-state index in [-0.39, 0.29) is 11.8 Å². The number of aryl methyl sites for hydroxylation is 2. The van der Waals surface area contributed by atoms with Gasteiger partial charge in [0.1, 0.15) is 11.6 Å². The molecule has 1 N–H and O–H groups in total. The molecule has 38 heavy (non-hydrogen) atoms. The molecule has 0 aliphatic carbocycles. The van der Waals surface area contributed by atoms with Gasteiger partial charge in [0.25, 0.3) is 0 Å². The molecule has 0 spiro atoms. The molecule has 0 fully saturated rings. The third kappa shape index (κ3) is 4.16. The molecule has 0 bridgehead atoms. The van der Waals surface area contributed by atoms with Gasteiger partial charge in [-0.1, -0.05) is 55.0 Å². The number of carbonyl (C=O) groups is 1. The minimum Gasteiger partial charge on any atom is -0.308 e. The van der Waals surface area contributed by atoms with Gasteiger partial charge in [-0.3, -0.25) is 0 Å². The van der Waals surface area contributed by atoms with Crippen molar-refractivity contribution in [1.82, 2.24) is 19.2 Å². The maximum atomic E-state index is 14.0. The van der Waals surface area contributed by atoms with Gasteiger partial charge in [-0.05, 0) is 67.4 Å². The van der Waals surface area contributed by atoms with Crippen LogP contribution in [0.2, 0.25) is 0 Å². The van der Waals surface area contributed by atoms with Gasteiger partial charge < -0.3 is 14.8 Å². The molecule has 5 aromatic rings. The zero-order valence-electron chi connectivity index (χ0n) is 21.3. The van der Waals surface area contributed by atoms with E-state index in [1.165, 1.54) is 12.1 Å². The summed E-state index contributed by atoms with van der Waals surface area (Å²) in [5.74, 6) is 0.593. The summed E-state index contributed by atoms with van der Waals surface area (Å²) in [6, 6.07) is 27.5. The molecule has 2 aromatic heterocycles. The fraction of sp³-hybridized carbons (Fsp3) is 0.161. The van der Waals surface area contributed by atoms with Gasteiger partial charge in [0.15, 0.2) is 0 Å². The first-order valence-corrected chi connectivity index (χ1v) is 12.8. The van der Waals surface area contributed by atoms with Gasteiger partial charge in [0.05, 0.1) is 29.7 Å². The van der Waals surface area contributed by atoms with E-state index < -0.39 is 6.04 Å². The zero-order valence-corrected chi connectivity index (χ0v) is 21.3. The van der Waals surface area contributed by atoms with Crippen LogP contribution in [-0.2, 0) is 13.0 Å². The Balaban J connectivity index is 1.54. The summed E-state index contributed by atoms with van der Waals surface area (Å²) in [6.45, 7) is 4.43. The lowest BCUT2D eigenvalue weighted by atomic mass is 10.0. The van der Waals surface area contributed by atoms with Crippen LogP contribution in [0.25, 0.3) is 11.5 Å². The SMILES string of the molecule is CCc1nn(-c2ccccc2)c2c1CN(C(=O)Nc1ccc(C)cc1)[C@@H](c1ccc(F)cc1)c1cccn1-2. The molecule has 0 saturated carbocycles. The fourth-order valence-electron chi connectivity index (χ4n) is 5.18. The number of amides is 2. The zero-order chi connectivity index (χ0) is 26.2. The minimum atomic E-state index is -0.447. The highest BCUT2D eigenvalue weighted by Gasteiger charge is 2.36. The van der Waals surface area contributed by atoms with Crippen LogP contribution in [0.4, 0.5) is 14.9 Å². The van der Waals surface area contributed by atoms with Crippen LogP contribution >= 0.6 is 0 Å². The van der Waals surface area contributed by atoms with Crippen molar-refractivity contribution in [2.75, 3.05) is 5.32 Å². The first kappa shape index (κ1) is 23.7. The summed E-state index contributed by atoms with van der Waals surface area (Å²) < 4.78 is 18.0. The second-order valence-corrected chi connectivity index (χ2v) is 9.53. The minimum absolute atomic E-state index is 0.238. The van der Waals surface area contributed by atoms with Crippen molar-refractivity contribution in [3.63, 3.8) is 0 Å². The van der Waals surface area contributed by atoms with Crippen molar-refractivity contribution < 1.29 is 9.18 Å². The number of aromatic nitrogens is 3. The van der Waals surface area contributed by atoms with Crippen molar-refractivity contribution >= 4 is 11.7 Å². The molecule has 0 radical (unpaired) electrons. The van der Waals surface area contributed by atoms with Crippen LogP contribution in [0.5, 0.6) is 0 Å². The number of fused-ring (bicyclic) bond motifs is 3. The summed E-state index contributed by atoms with van der Waals surface area (Å²) in [7, 11) is 0. The second kappa shape index (κ2) is 9.67. The van der Waals surface area contributed by atoms with Crippen LogP contribution in [0, 0.1) is 12.7 Å². The Kier molecular flexibility index (Phi) is 6.04. The van der Waals surface area contributed by atoms with Gasteiger partial charge in [-0.2, -0.15) is 5.10 Å². The predicted octanol–water partition coefficient (Wildman–Crippen LogP) is 6.81. The van der Waals surface area contributed by atoms with E-state index in [0.717, 1.165) is 39.6 Å². The highest BCUT2D eigenvalue weighted by Crippen LogP contribution is 2.39. The number of hydrogen-bond acceptors (Lipinski definition) is 2. The van der Waals surface area contributed by atoms with Crippen LogP contribution in [0.15, 0.2) is 97.2 Å². The molecule has 0 unspecified atom stereocenters. The lowest BCUT2D eigenvalue weighted by Gasteiger charge is -2.31. The lowest BCUT2D eigenvalue weighted by Crippen LogP contribution is -2.38. The highest BCUT2D eigenvalue weighted by atomic mass is 19.1. The normalized spacial score (nSPS) is 14.5. The van der Waals surface area contributed by atoms with Gasteiger partial charge in [0, 0.05) is 17.4 Å². The van der Waals surface area contributed by atoms with Crippen molar-refractivity contribution in [3.8, 4) is 11.5 Å². The summed E-state index contributed by atoms with van der Waals surface area (Å²) in [5, 5.41) is 8.07. The summed E-state index contributed by atoms with van der Waals surface area (Å²) in [4.78, 5) is 15.8. The standard InChI is InChI=1S/C31H28FN5O/c1-3-27-26-20-36(31(38)33-24-17-11-21(2)12-18-24)29(22-13-15-23(32)16-14-22)28-10-7-19-35(28)30(26)37(34-27)25-8-5-4-6-9-25/h4-19,29H,3,20H2,1-2H3,(H,33,38)/t29-/m0/s1. The average molecular weight is 506 g/mol. The number of rotatable bonds is 4. The number of benzene rings is 3. The van der Waals surface area contributed by atoms with E-state index in [9.17, 15) is 9.18 Å². The number of hydrogen-bond donors (Lipinski definition) is 1. The molecule has 6 rings (SSSR count). The summed E-state index contributed by atoms with van der Waals surface area (Å²) in [5.41, 5.74) is 6.41. The van der Waals surface area contributed by atoms with E-state index >= 15 is 0 Å². The number of urea groups is 1. The number of nitrogens with one attached hydrogen (secondary N) is 1. The number of nitrogens with zero attached hydrogens (tertiary/aromatic N) is 4. The Labute approximate surface area is 221 Å². The molecular weight excluding hydrogens is 477 g/mol. The Hall–Kier alpha value is -4.65. The molecule has 2 amide bonds. The molecule has 3 aromatic carbocycles. The first-order chi connectivity index (χ1) is 18.5. The highest BCUT2D eigenvalue weighted by molar-refractivity contribution is 5.90. The third-order valence-corrected chi connectivity index (χ3v) is 7.05. The lowest BCUT2D eigenvalue weighted by molar-refractivity contribution is 0.194. The Morgan fingerprint density at radius 2 is 1.71 bits per heavy atom. The van der Waals surface area contributed by atoms with Crippen molar-refractivity contribution in [1.29, 1.82) is 0 Å². The topological polar surface area (TPSA) is 55.1 Å².